The fraction of sp³-hybridized carbons (Fsp3) is 0.562. The van der Waals surface area contributed by atoms with Crippen LogP contribution in [0.4, 0.5) is 0 Å². The number of rotatable bonds is 11. The van der Waals surface area contributed by atoms with E-state index in [1.165, 1.54) is 26.0 Å². The number of amides is 1. The third-order valence-electron chi connectivity index (χ3n) is 3.71. The number of carbonyl (C=O) groups is 1. The summed E-state index contributed by atoms with van der Waals surface area (Å²) in [5, 5.41) is 5.91. The van der Waals surface area contributed by atoms with Crippen molar-refractivity contribution in [3.05, 3.63) is 29.8 Å². The Bertz CT molecular complexity index is 644. The molecule has 1 aromatic rings. The lowest BCUT2D eigenvalue weighted by Crippen LogP contribution is -2.34. The molecule has 2 rings (SSSR count). The highest BCUT2D eigenvalue weighted by atomic mass is 32.2. The molecule has 0 spiro atoms. The van der Waals surface area contributed by atoms with Gasteiger partial charge in [-0.2, -0.15) is 0 Å². The number of hydrogen-bond acceptors (Lipinski definition) is 5. The van der Waals surface area contributed by atoms with Gasteiger partial charge < -0.3 is 15.4 Å². The summed E-state index contributed by atoms with van der Waals surface area (Å²) >= 11 is 0. The van der Waals surface area contributed by atoms with Crippen LogP contribution in [0, 0.1) is 5.92 Å². The molecule has 7 nitrogen and oxygen atoms in total. The molecule has 0 heterocycles. The SMILES string of the molecule is COCCNS(=O)(=O)c1cccc(CNC(=O)CNCC2CC2)c1. The van der Waals surface area contributed by atoms with Crippen LogP contribution in [0.5, 0.6) is 0 Å². The largest absolute Gasteiger partial charge is 0.383 e. The van der Waals surface area contributed by atoms with Crippen molar-refractivity contribution in [2.24, 2.45) is 5.92 Å². The maximum absolute atomic E-state index is 12.1. The molecular formula is C16H25N3O4S. The predicted octanol–water partition coefficient (Wildman–Crippen LogP) is 0.227. The average Bonchev–Trinajstić information content (AvgIpc) is 3.38. The number of carbonyl (C=O) groups excluding carboxylic acids is 1. The van der Waals surface area contributed by atoms with Crippen molar-refractivity contribution >= 4 is 15.9 Å². The molecule has 0 atom stereocenters. The Kier molecular flexibility index (Phi) is 7.16. The summed E-state index contributed by atoms with van der Waals surface area (Å²) in [6, 6.07) is 6.54. The highest BCUT2D eigenvalue weighted by molar-refractivity contribution is 7.89. The Morgan fingerprint density at radius 2 is 2.12 bits per heavy atom. The minimum absolute atomic E-state index is 0.0953. The van der Waals surface area contributed by atoms with Crippen LogP contribution in [0.3, 0.4) is 0 Å². The van der Waals surface area contributed by atoms with Gasteiger partial charge in [0.15, 0.2) is 0 Å². The van der Waals surface area contributed by atoms with E-state index < -0.39 is 10.0 Å². The van der Waals surface area contributed by atoms with Crippen molar-refractivity contribution < 1.29 is 17.9 Å². The number of benzene rings is 1. The molecule has 0 radical (unpaired) electrons. The van der Waals surface area contributed by atoms with Crippen LogP contribution < -0.4 is 15.4 Å². The van der Waals surface area contributed by atoms with E-state index in [2.05, 4.69) is 15.4 Å². The van der Waals surface area contributed by atoms with Crippen molar-refractivity contribution in [3.63, 3.8) is 0 Å². The fourth-order valence-electron chi connectivity index (χ4n) is 2.16. The zero-order chi connectivity index (χ0) is 17.4. The Labute approximate surface area is 143 Å². The molecule has 0 aliphatic heterocycles. The molecular weight excluding hydrogens is 330 g/mol. The Morgan fingerprint density at radius 3 is 2.83 bits per heavy atom. The van der Waals surface area contributed by atoms with Gasteiger partial charge in [0.1, 0.15) is 0 Å². The molecule has 1 aliphatic carbocycles. The van der Waals surface area contributed by atoms with Gasteiger partial charge in [0, 0.05) is 20.2 Å². The molecule has 1 aliphatic rings. The summed E-state index contributed by atoms with van der Waals surface area (Å²) in [5.74, 6) is 0.632. The van der Waals surface area contributed by atoms with Crippen molar-refractivity contribution in [2.45, 2.75) is 24.3 Å². The van der Waals surface area contributed by atoms with Crippen LogP contribution in [0.25, 0.3) is 0 Å². The molecule has 1 saturated carbocycles. The first-order valence-corrected chi connectivity index (χ1v) is 9.54. The summed E-state index contributed by atoms with van der Waals surface area (Å²) in [7, 11) is -2.05. The van der Waals surface area contributed by atoms with Crippen LogP contribution in [0.2, 0.25) is 0 Å². The van der Waals surface area contributed by atoms with E-state index in [1.807, 2.05) is 0 Å². The zero-order valence-corrected chi connectivity index (χ0v) is 14.7. The van der Waals surface area contributed by atoms with E-state index in [1.54, 1.807) is 18.2 Å². The van der Waals surface area contributed by atoms with E-state index in [-0.39, 0.29) is 23.9 Å². The lowest BCUT2D eigenvalue weighted by molar-refractivity contribution is -0.120. The zero-order valence-electron chi connectivity index (χ0n) is 13.9. The van der Waals surface area contributed by atoms with Crippen molar-refractivity contribution in [1.29, 1.82) is 0 Å². The summed E-state index contributed by atoms with van der Waals surface area (Å²) in [6.07, 6.45) is 2.49. The molecule has 0 aromatic heterocycles. The molecule has 0 unspecified atom stereocenters. The molecule has 0 saturated heterocycles. The molecule has 24 heavy (non-hydrogen) atoms. The predicted molar refractivity (Wildman–Crippen MR) is 90.9 cm³/mol. The van der Waals surface area contributed by atoms with Gasteiger partial charge in [-0.15, -0.1) is 0 Å². The number of hydrogen-bond donors (Lipinski definition) is 3. The maximum Gasteiger partial charge on any atom is 0.240 e. The minimum atomic E-state index is -3.57. The van der Waals surface area contributed by atoms with Gasteiger partial charge in [-0.3, -0.25) is 4.79 Å². The Balaban J connectivity index is 1.81. The second-order valence-corrected chi connectivity index (χ2v) is 7.66. The van der Waals surface area contributed by atoms with Gasteiger partial charge in [-0.05, 0) is 43.0 Å². The van der Waals surface area contributed by atoms with Gasteiger partial charge in [0.25, 0.3) is 0 Å². The lowest BCUT2D eigenvalue weighted by atomic mass is 10.2. The summed E-state index contributed by atoms with van der Waals surface area (Å²) in [6.45, 7) is 1.99. The molecule has 3 N–H and O–H groups in total. The Morgan fingerprint density at radius 1 is 1.33 bits per heavy atom. The molecule has 0 bridgehead atoms. The van der Waals surface area contributed by atoms with Crippen molar-refractivity contribution in [1.82, 2.24) is 15.4 Å². The first-order valence-electron chi connectivity index (χ1n) is 8.06. The highest BCUT2D eigenvalue weighted by Gasteiger charge is 2.20. The summed E-state index contributed by atoms with van der Waals surface area (Å²) in [5.41, 5.74) is 0.736. The number of ether oxygens (including phenoxy) is 1. The first kappa shape index (κ1) is 18.9. The van der Waals surface area contributed by atoms with Crippen LogP contribution in [0.1, 0.15) is 18.4 Å². The smallest absolute Gasteiger partial charge is 0.240 e. The fourth-order valence-corrected chi connectivity index (χ4v) is 3.24. The normalized spacial score (nSPS) is 14.5. The van der Waals surface area contributed by atoms with Gasteiger partial charge >= 0.3 is 0 Å². The first-order chi connectivity index (χ1) is 11.5. The molecule has 1 fully saturated rings. The van der Waals surface area contributed by atoms with Crippen LogP contribution in [-0.4, -0.2) is 47.7 Å². The quantitative estimate of drug-likeness (QED) is 0.494. The summed E-state index contributed by atoms with van der Waals surface area (Å²) in [4.78, 5) is 11.9. The van der Waals surface area contributed by atoms with E-state index in [0.717, 1.165) is 18.0 Å². The van der Waals surface area contributed by atoms with Gasteiger partial charge in [-0.25, -0.2) is 13.1 Å². The second-order valence-electron chi connectivity index (χ2n) is 5.89. The van der Waals surface area contributed by atoms with Gasteiger partial charge in [-0.1, -0.05) is 12.1 Å². The monoisotopic (exact) mass is 355 g/mol. The van der Waals surface area contributed by atoms with Crippen molar-refractivity contribution in [3.8, 4) is 0 Å². The average molecular weight is 355 g/mol. The molecule has 134 valence electrons. The topological polar surface area (TPSA) is 96.5 Å². The summed E-state index contributed by atoms with van der Waals surface area (Å²) < 4.78 is 31.6. The van der Waals surface area contributed by atoms with Crippen LogP contribution >= 0.6 is 0 Å². The maximum atomic E-state index is 12.1. The van der Waals surface area contributed by atoms with E-state index >= 15 is 0 Å². The lowest BCUT2D eigenvalue weighted by Gasteiger charge is -2.09. The minimum Gasteiger partial charge on any atom is -0.383 e. The third kappa shape index (κ3) is 6.56. The van der Waals surface area contributed by atoms with E-state index in [0.29, 0.717) is 13.2 Å². The standard InChI is InChI=1S/C16H25N3O4S/c1-23-8-7-19-24(21,22)15-4-2-3-14(9-15)11-18-16(20)12-17-10-13-5-6-13/h2-4,9,13,17,19H,5-8,10-12H2,1H3,(H,18,20). The van der Waals surface area contributed by atoms with E-state index in [9.17, 15) is 13.2 Å². The highest BCUT2D eigenvalue weighted by Crippen LogP contribution is 2.27. The molecule has 1 amide bonds. The number of methoxy groups -OCH3 is 1. The van der Waals surface area contributed by atoms with Crippen molar-refractivity contribution in [2.75, 3.05) is 33.4 Å². The van der Waals surface area contributed by atoms with Crippen LogP contribution in [-0.2, 0) is 26.1 Å². The van der Waals surface area contributed by atoms with E-state index in [4.69, 9.17) is 4.74 Å². The van der Waals surface area contributed by atoms with Crippen LogP contribution in [0.15, 0.2) is 29.2 Å². The number of sulfonamides is 1. The molecule has 1 aromatic carbocycles. The van der Waals surface area contributed by atoms with Gasteiger partial charge in [0.2, 0.25) is 15.9 Å². The number of nitrogens with one attached hydrogen (secondary N) is 3. The molecule has 8 heteroatoms. The third-order valence-corrected chi connectivity index (χ3v) is 5.17. The van der Waals surface area contributed by atoms with Gasteiger partial charge in [0.05, 0.1) is 18.0 Å². The Hall–Kier alpha value is -1.48. The second kappa shape index (κ2) is 9.12.